The molecule has 0 aliphatic heterocycles. The van der Waals surface area contributed by atoms with Gasteiger partial charge in [-0.3, -0.25) is 5.09 Å². The Bertz CT molecular complexity index is 88.6. The second kappa shape index (κ2) is 10.7. The SMILES string of the molecule is CCC.NC(=O)NP=S. The van der Waals surface area contributed by atoms with Gasteiger partial charge in [0.1, 0.15) is 0 Å². The Morgan fingerprint density at radius 3 is 2.11 bits per heavy atom. The van der Waals surface area contributed by atoms with Crippen molar-refractivity contribution < 1.29 is 4.79 Å². The molecule has 0 unspecified atom stereocenters. The summed E-state index contributed by atoms with van der Waals surface area (Å²) in [6, 6.07) is -0.577. The number of urea groups is 1. The van der Waals surface area contributed by atoms with Crippen molar-refractivity contribution in [3.63, 3.8) is 0 Å². The second-order valence-electron chi connectivity index (χ2n) is 1.27. The molecule has 0 rings (SSSR count). The van der Waals surface area contributed by atoms with Crippen molar-refractivity contribution in [2.24, 2.45) is 5.73 Å². The molecule has 9 heavy (non-hydrogen) atoms. The topological polar surface area (TPSA) is 55.1 Å². The maximum Gasteiger partial charge on any atom is 0.320 e. The molecule has 5 heteroatoms. The van der Waals surface area contributed by atoms with Gasteiger partial charge in [0.15, 0.2) is 0 Å². The van der Waals surface area contributed by atoms with Gasteiger partial charge in [-0.2, -0.15) is 0 Å². The smallest absolute Gasteiger partial charge is 0.320 e. The van der Waals surface area contributed by atoms with Gasteiger partial charge in [-0.15, -0.1) is 0 Å². The highest BCUT2D eigenvalue weighted by Crippen LogP contribution is 1.75. The van der Waals surface area contributed by atoms with E-state index < -0.39 is 6.03 Å². The van der Waals surface area contributed by atoms with Gasteiger partial charge < -0.3 is 5.73 Å². The number of hydrogen-bond donors (Lipinski definition) is 2. The molecule has 0 aromatic heterocycles. The Morgan fingerprint density at radius 1 is 1.78 bits per heavy atom. The minimum Gasteiger partial charge on any atom is -0.351 e. The number of carbonyl (C=O) groups excluding carboxylic acids is 1. The first-order chi connectivity index (χ1) is 4.18. The van der Waals surface area contributed by atoms with E-state index in [9.17, 15) is 4.79 Å². The van der Waals surface area contributed by atoms with Crippen molar-refractivity contribution in [1.82, 2.24) is 5.09 Å². The van der Waals surface area contributed by atoms with Gasteiger partial charge in [-0.25, -0.2) is 4.79 Å². The first kappa shape index (κ1) is 11.6. The summed E-state index contributed by atoms with van der Waals surface area (Å²) < 4.78 is 0. The lowest BCUT2D eigenvalue weighted by Gasteiger charge is -1.80. The van der Waals surface area contributed by atoms with Crippen LogP contribution >= 0.6 is 7.51 Å². The van der Waals surface area contributed by atoms with Crippen LogP contribution in [0.2, 0.25) is 0 Å². The number of nitrogens with two attached hydrogens (primary N) is 1. The van der Waals surface area contributed by atoms with Crippen molar-refractivity contribution in [1.29, 1.82) is 0 Å². The Kier molecular flexibility index (Phi) is 13.8. The quantitative estimate of drug-likeness (QED) is 0.578. The van der Waals surface area contributed by atoms with Gasteiger partial charge in [0, 0.05) is 0 Å². The number of amides is 2. The fourth-order valence-corrected chi connectivity index (χ4v) is 0.405. The first-order valence-corrected chi connectivity index (χ1v) is 4.47. The summed E-state index contributed by atoms with van der Waals surface area (Å²) in [5.74, 6) is 0. The molecule has 3 N–H and O–H groups in total. The number of hydrogen-bond acceptors (Lipinski definition) is 2. The summed E-state index contributed by atoms with van der Waals surface area (Å²) >= 11 is 4.29. The van der Waals surface area contributed by atoms with E-state index in [1.807, 2.05) is 0 Å². The van der Waals surface area contributed by atoms with Gasteiger partial charge in [0.2, 0.25) is 0 Å². The molecule has 2 amide bonds. The Hall–Kier alpha value is -0.210. The molecule has 0 spiro atoms. The number of nitrogens with one attached hydrogen (secondary N) is 1. The van der Waals surface area contributed by atoms with Gasteiger partial charge in [0.25, 0.3) is 0 Å². The molecule has 3 nitrogen and oxygen atoms in total. The van der Waals surface area contributed by atoms with Crippen LogP contribution in [0.4, 0.5) is 4.79 Å². The van der Waals surface area contributed by atoms with Crippen LogP contribution in [0, 0.1) is 0 Å². The molecule has 0 radical (unpaired) electrons. The van der Waals surface area contributed by atoms with Crippen LogP contribution in [-0.4, -0.2) is 6.03 Å². The zero-order valence-corrected chi connectivity index (χ0v) is 7.26. The van der Waals surface area contributed by atoms with Gasteiger partial charge in [-0.1, -0.05) is 20.3 Å². The predicted octanol–water partition coefficient (Wildman–Crippen LogP) is 1.39. The summed E-state index contributed by atoms with van der Waals surface area (Å²) in [5, 5.41) is 2.13. The molecule has 0 bridgehead atoms. The molecule has 0 saturated heterocycles. The number of rotatable bonds is 1. The van der Waals surface area contributed by atoms with Crippen LogP contribution in [0.25, 0.3) is 0 Å². The largest absolute Gasteiger partial charge is 0.351 e. The lowest BCUT2D eigenvalue weighted by Crippen LogP contribution is -2.20. The van der Waals surface area contributed by atoms with Crippen LogP contribution in [-0.2, 0) is 11.8 Å². The molecule has 0 aromatic carbocycles. The molecule has 0 fully saturated rings. The zero-order chi connectivity index (χ0) is 7.70. The van der Waals surface area contributed by atoms with Crippen LogP contribution in [0.3, 0.4) is 0 Å². The van der Waals surface area contributed by atoms with Crippen molar-refractivity contribution in [2.45, 2.75) is 20.3 Å². The van der Waals surface area contributed by atoms with Gasteiger partial charge >= 0.3 is 6.03 Å². The standard InChI is InChI=1S/C3H8.CH3N2OPS/c1-3-2;2-1(4)3-5-6/h3H2,1-2H3;(H3,2,3,4,6). The van der Waals surface area contributed by atoms with Crippen molar-refractivity contribution in [2.75, 3.05) is 0 Å². The van der Waals surface area contributed by atoms with Gasteiger partial charge in [-0.05, 0) is 11.8 Å². The maximum absolute atomic E-state index is 9.64. The van der Waals surface area contributed by atoms with E-state index in [2.05, 4.69) is 36.5 Å². The van der Waals surface area contributed by atoms with E-state index in [0.717, 1.165) is 0 Å². The highest BCUT2D eigenvalue weighted by atomic mass is 32.4. The van der Waals surface area contributed by atoms with E-state index in [1.165, 1.54) is 6.42 Å². The zero-order valence-electron chi connectivity index (χ0n) is 5.55. The van der Waals surface area contributed by atoms with Crippen LogP contribution in [0.5, 0.6) is 0 Å². The Labute approximate surface area is 61.9 Å². The first-order valence-electron chi connectivity index (χ1n) is 2.56. The van der Waals surface area contributed by atoms with E-state index in [0.29, 0.717) is 7.51 Å². The average molecular weight is 166 g/mol. The van der Waals surface area contributed by atoms with Crippen molar-refractivity contribution >= 4 is 25.3 Å². The van der Waals surface area contributed by atoms with Crippen LogP contribution in [0.15, 0.2) is 0 Å². The van der Waals surface area contributed by atoms with E-state index >= 15 is 0 Å². The third-order valence-corrected chi connectivity index (χ3v) is 0.741. The highest BCUT2D eigenvalue weighted by Gasteiger charge is 1.78. The minimum atomic E-state index is -0.577. The molecular weight excluding hydrogens is 155 g/mol. The average Bonchev–Trinajstić information content (AvgIpc) is 1.67. The summed E-state index contributed by atoms with van der Waals surface area (Å²) in [6.45, 7) is 4.25. The number of primary amides is 1. The lowest BCUT2D eigenvalue weighted by molar-refractivity contribution is 0.254. The van der Waals surface area contributed by atoms with Crippen LogP contribution in [0.1, 0.15) is 20.3 Å². The highest BCUT2D eigenvalue weighted by molar-refractivity contribution is 7.95. The lowest BCUT2D eigenvalue weighted by atomic mass is 10.6. The van der Waals surface area contributed by atoms with E-state index in [1.54, 1.807) is 0 Å². The molecule has 0 saturated carbocycles. The van der Waals surface area contributed by atoms with E-state index in [4.69, 9.17) is 0 Å². The molecular formula is C4H11N2OPS. The van der Waals surface area contributed by atoms with Crippen molar-refractivity contribution in [3.8, 4) is 0 Å². The van der Waals surface area contributed by atoms with Gasteiger partial charge in [0.05, 0.1) is 7.51 Å². The van der Waals surface area contributed by atoms with Crippen molar-refractivity contribution in [3.05, 3.63) is 0 Å². The summed E-state index contributed by atoms with van der Waals surface area (Å²) in [4.78, 5) is 9.64. The number of carbonyl (C=O) groups is 1. The third kappa shape index (κ3) is 33.5. The predicted molar refractivity (Wildman–Crippen MR) is 43.0 cm³/mol. The normalized spacial score (nSPS) is 7.33. The Balaban J connectivity index is 0. The summed E-state index contributed by atoms with van der Waals surface area (Å²) in [5.41, 5.74) is 4.58. The second-order valence-corrected chi connectivity index (χ2v) is 2.23. The fraction of sp³-hybridized carbons (Fsp3) is 0.750. The van der Waals surface area contributed by atoms with Crippen LogP contribution < -0.4 is 10.8 Å². The molecule has 54 valence electrons. The molecule has 0 atom stereocenters. The third-order valence-electron chi connectivity index (χ3n) is 0.156. The minimum absolute atomic E-state index is 0.383. The molecule has 0 aliphatic rings. The maximum atomic E-state index is 9.64. The Morgan fingerprint density at radius 2 is 2.11 bits per heavy atom. The summed E-state index contributed by atoms with van der Waals surface area (Å²) in [6.07, 6.45) is 1.25. The fourth-order valence-electron chi connectivity index (χ4n) is 0.0450. The monoisotopic (exact) mass is 166 g/mol. The molecule has 0 aromatic rings. The summed E-state index contributed by atoms with van der Waals surface area (Å²) in [7, 11) is 0.383. The molecule has 0 heterocycles. The van der Waals surface area contributed by atoms with E-state index in [-0.39, 0.29) is 0 Å². The molecule has 0 aliphatic carbocycles.